The zero-order chi connectivity index (χ0) is 31.8. The number of furan rings is 1. The van der Waals surface area contributed by atoms with Crippen LogP contribution in [0, 0.1) is 46.8 Å². The molecule has 233 valence electrons. The molecule has 0 unspecified atom stereocenters. The molecule has 47 heavy (non-hydrogen) atoms. The average Bonchev–Trinajstić information content (AvgIpc) is 3.47. The predicted octanol–water partition coefficient (Wildman–Crippen LogP) is 10.8. The molecule has 0 spiro atoms. The predicted molar refractivity (Wildman–Crippen MR) is 189 cm³/mol. The minimum Gasteiger partial charge on any atom is -0.500 e. The number of aromatic nitrogens is 3. The van der Waals surface area contributed by atoms with Crippen molar-refractivity contribution in [1.82, 2.24) is 15.0 Å². The molecular formula is C42H33IrN3O-2. The Labute approximate surface area is 288 Å². The van der Waals surface area contributed by atoms with Gasteiger partial charge in [-0.05, 0) is 61.8 Å². The summed E-state index contributed by atoms with van der Waals surface area (Å²) in [5, 5.41) is 4.36. The molecule has 5 heteroatoms. The molecule has 0 aliphatic carbocycles. The van der Waals surface area contributed by atoms with Crippen LogP contribution in [0.3, 0.4) is 0 Å². The average molecular weight is 788 g/mol. The summed E-state index contributed by atoms with van der Waals surface area (Å²) in [5.41, 5.74) is 13.8. The van der Waals surface area contributed by atoms with Gasteiger partial charge in [-0.2, -0.15) is 0 Å². The molecule has 0 aliphatic rings. The number of benzene rings is 4. The number of aryl methyl sites for hydroxylation is 5. The van der Waals surface area contributed by atoms with Gasteiger partial charge >= 0.3 is 0 Å². The van der Waals surface area contributed by atoms with E-state index in [1.54, 1.807) is 0 Å². The number of hydrogen-bond donors (Lipinski definition) is 0. The maximum atomic E-state index is 6.34. The van der Waals surface area contributed by atoms with E-state index in [2.05, 4.69) is 121 Å². The minimum atomic E-state index is 0. The Balaban J connectivity index is 0.000000164. The number of pyridine rings is 3. The Morgan fingerprint density at radius 1 is 0.596 bits per heavy atom. The molecule has 8 rings (SSSR count). The monoisotopic (exact) mass is 788 g/mol. The Bertz CT molecular complexity index is 2360. The van der Waals surface area contributed by atoms with Gasteiger partial charge in [0, 0.05) is 60.5 Å². The number of hydrogen-bond acceptors (Lipinski definition) is 4. The van der Waals surface area contributed by atoms with Crippen molar-refractivity contribution in [1.29, 1.82) is 0 Å². The van der Waals surface area contributed by atoms with E-state index in [0.29, 0.717) is 0 Å². The van der Waals surface area contributed by atoms with E-state index in [1.165, 1.54) is 27.8 Å². The molecule has 0 saturated heterocycles. The van der Waals surface area contributed by atoms with Crippen molar-refractivity contribution in [3.8, 4) is 33.6 Å². The normalized spacial score (nSPS) is 10.9. The van der Waals surface area contributed by atoms with E-state index in [0.717, 1.165) is 66.5 Å². The minimum absolute atomic E-state index is 0. The van der Waals surface area contributed by atoms with Crippen molar-refractivity contribution < 1.29 is 24.5 Å². The summed E-state index contributed by atoms with van der Waals surface area (Å²) < 4.78 is 6.34. The van der Waals surface area contributed by atoms with Crippen molar-refractivity contribution in [3.05, 3.63) is 150 Å². The molecule has 0 saturated carbocycles. The van der Waals surface area contributed by atoms with E-state index < -0.39 is 0 Å². The van der Waals surface area contributed by atoms with E-state index in [1.807, 2.05) is 50.6 Å². The molecular weight excluding hydrogens is 755 g/mol. The topological polar surface area (TPSA) is 51.8 Å². The number of fused-ring (bicyclic) bond motifs is 5. The SMILES string of the molecule is Cc1ccc(-c2[c-]ccc3c2oc2c4cc(C)ncc4ccc32)nc1.Cc1cnc(-c2[c-]cc(C)c(-c3ccccc3)c2)cc1C.[Ir]. The quantitative estimate of drug-likeness (QED) is 0.167. The fourth-order valence-corrected chi connectivity index (χ4v) is 5.74. The van der Waals surface area contributed by atoms with Gasteiger partial charge in [0.05, 0.1) is 5.58 Å². The molecule has 4 aromatic heterocycles. The van der Waals surface area contributed by atoms with E-state index in [4.69, 9.17) is 4.42 Å². The molecule has 8 aromatic rings. The molecule has 0 bridgehead atoms. The van der Waals surface area contributed by atoms with Crippen molar-refractivity contribution in [2.75, 3.05) is 0 Å². The summed E-state index contributed by atoms with van der Waals surface area (Å²) in [4.78, 5) is 13.5. The van der Waals surface area contributed by atoms with Crippen LogP contribution in [0.1, 0.15) is 27.9 Å². The molecule has 4 aromatic carbocycles. The van der Waals surface area contributed by atoms with Gasteiger partial charge in [0.1, 0.15) is 5.58 Å². The Morgan fingerprint density at radius 2 is 1.38 bits per heavy atom. The summed E-state index contributed by atoms with van der Waals surface area (Å²) >= 11 is 0. The molecule has 0 fully saturated rings. The zero-order valence-corrected chi connectivity index (χ0v) is 29.4. The van der Waals surface area contributed by atoms with Crippen molar-refractivity contribution in [2.24, 2.45) is 0 Å². The summed E-state index contributed by atoms with van der Waals surface area (Å²) in [6, 6.07) is 37.8. The fraction of sp³-hybridized carbons (Fsp3) is 0.119. The molecule has 0 N–H and O–H groups in total. The Hall–Kier alpha value is -4.96. The molecule has 0 amide bonds. The zero-order valence-electron chi connectivity index (χ0n) is 27.0. The van der Waals surface area contributed by atoms with Gasteiger partial charge in [0.15, 0.2) is 0 Å². The summed E-state index contributed by atoms with van der Waals surface area (Å²) in [7, 11) is 0. The van der Waals surface area contributed by atoms with Gasteiger partial charge < -0.3 is 14.4 Å². The van der Waals surface area contributed by atoms with Gasteiger partial charge in [-0.1, -0.05) is 89.7 Å². The van der Waals surface area contributed by atoms with Gasteiger partial charge in [0.25, 0.3) is 0 Å². The smallest absolute Gasteiger partial charge is 0.128 e. The van der Waals surface area contributed by atoms with Crippen LogP contribution in [0.5, 0.6) is 0 Å². The van der Waals surface area contributed by atoms with Gasteiger partial charge in [-0.3, -0.25) is 4.98 Å². The summed E-state index contributed by atoms with van der Waals surface area (Å²) in [6.07, 6.45) is 5.70. The first-order valence-electron chi connectivity index (χ1n) is 15.4. The standard InChI is InChI=1S/C22H15N2O.C20H18N.Ir/c1-13-6-9-20(24-11-13)18-5-3-4-16-17-8-7-15-12-23-14(2)10-19(15)22(17)25-21(16)18;1-14-9-10-18(20-11-15(2)16(3)13-21-20)12-19(14)17-7-5-4-6-8-17;/h3-4,6-12H,1-2H3;4-9,11-13H,1-3H3;/q2*-1;. The summed E-state index contributed by atoms with van der Waals surface area (Å²) in [6.45, 7) is 10.4. The second kappa shape index (κ2) is 13.4. The molecule has 4 heterocycles. The Kier molecular flexibility index (Phi) is 9.13. The van der Waals surface area contributed by atoms with Gasteiger partial charge in [-0.15, -0.1) is 47.5 Å². The Morgan fingerprint density at radius 3 is 2.15 bits per heavy atom. The molecule has 1 radical (unpaired) electrons. The molecule has 0 atom stereocenters. The van der Waals surface area contributed by atoms with Gasteiger partial charge in [-0.25, -0.2) is 0 Å². The van der Waals surface area contributed by atoms with Crippen LogP contribution in [0.15, 0.2) is 114 Å². The van der Waals surface area contributed by atoms with Crippen LogP contribution >= 0.6 is 0 Å². The maximum Gasteiger partial charge on any atom is 0.128 e. The van der Waals surface area contributed by atoms with Crippen LogP contribution in [0.25, 0.3) is 66.4 Å². The maximum absolute atomic E-state index is 6.34. The van der Waals surface area contributed by atoms with Crippen LogP contribution in [-0.2, 0) is 20.1 Å². The van der Waals surface area contributed by atoms with E-state index in [-0.39, 0.29) is 20.1 Å². The number of nitrogens with zero attached hydrogens (tertiary/aromatic N) is 3. The first kappa shape index (κ1) is 32.0. The third-order valence-electron chi connectivity index (χ3n) is 8.49. The van der Waals surface area contributed by atoms with Crippen LogP contribution in [0.2, 0.25) is 0 Å². The first-order valence-corrected chi connectivity index (χ1v) is 15.4. The largest absolute Gasteiger partial charge is 0.500 e. The third kappa shape index (κ3) is 6.38. The fourth-order valence-electron chi connectivity index (χ4n) is 5.74. The molecule has 4 nitrogen and oxygen atoms in total. The second-order valence-corrected chi connectivity index (χ2v) is 11.9. The van der Waals surface area contributed by atoms with Crippen LogP contribution in [-0.4, -0.2) is 15.0 Å². The van der Waals surface area contributed by atoms with Crippen molar-refractivity contribution in [2.45, 2.75) is 34.6 Å². The first-order chi connectivity index (χ1) is 22.4. The van der Waals surface area contributed by atoms with E-state index >= 15 is 0 Å². The third-order valence-corrected chi connectivity index (χ3v) is 8.49. The molecule has 0 aliphatic heterocycles. The van der Waals surface area contributed by atoms with Crippen molar-refractivity contribution >= 4 is 32.7 Å². The summed E-state index contributed by atoms with van der Waals surface area (Å²) in [5.74, 6) is 0. The van der Waals surface area contributed by atoms with Crippen molar-refractivity contribution in [3.63, 3.8) is 0 Å². The van der Waals surface area contributed by atoms with Crippen LogP contribution in [0.4, 0.5) is 0 Å². The van der Waals surface area contributed by atoms with Gasteiger partial charge in [0.2, 0.25) is 0 Å². The second-order valence-electron chi connectivity index (χ2n) is 11.9. The number of rotatable bonds is 3. The van der Waals surface area contributed by atoms with Crippen LogP contribution < -0.4 is 0 Å². The van der Waals surface area contributed by atoms with E-state index in [9.17, 15) is 0 Å².